The highest BCUT2D eigenvalue weighted by Gasteiger charge is 2.29. The van der Waals surface area contributed by atoms with E-state index in [4.69, 9.17) is 17.4 Å². The van der Waals surface area contributed by atoms with Crippen molar-refractivity contribution in [1.29, 1.82) is 0 Å². The van der Waals surface area contributed by atoms with Crippen LogP contribution in [0.15, 0.2) is 0 Å². The van der Waals surface area contributed by atoms with Crippen molar-refractivity contribution in [3.05, 3.63) is 0 Å². The van der Waals surface area contributed by atoms with Crippen molar-refractivity contribution in [2.45, 2.75) is 6.04 Å². The van der Waals surface area contributed by atoms with Crippen molar-refractivity contribution >= 4 is 0 Å². The molecule has 0 amide bonds. The zero-order valence-electron chi connectivity index (χ0n) is 5.12. The van der Waals surface area contributed by atoms with E-state index in [1.807, 2.05) is 0 Å². The van der Waals surface area contributed by atoms with E-state index in [2.05, 4.69) is 5.92 Å². The van der Waals surface area contributed by atoms with Gasteiger partial charge in [-0.25, -0.2) is 0 Å². The lowest BCUT2D eigenvalue weighted by atomic mass is 9.95. The molecule has 1 saturated heterocycles. The maximum absolute atomic E-state index is 8.67. The van der Waals surface area contributed by atoms with E-state index in [-0.39, 0.29) is 6.04 Å². The molecule has 9 heavy (non-hydrogen) atoms. The summed E-state index contributed by atoms with van der Waals surface area (Å²) >= 11 is 0. The Labute approximate surface area is 54.4 Å². The van der Waals surface area contributed by atoms with Crippen molar-refractivity contribution in [2.75, 3.05) is 13.1 Å². The van der Waals surface area contributed by atoms with Crippen molar-refractivity contribution < 1.29 is 5.21 Å². The lowest BCUT2D eigenvalue weighted by Crippen LogP contribution is -2.52. The van der Waals surface area contributed by atoms with E-state index in [0.717, 1.165) is 0 Å². The standard InChI is InChI=1S/C6H10N2O/c1-2-6(7)5-3-8(9)4-5/h1,5-6,9H,3-4,7H2. The SMILES string of the molecule is C#CC(N)C1CN(O)C1. The van der Waals surface area contributed by atoms with Crippen LogP contribution in [0.4, 0.5) is 0 Å². The first-order valence-corrected chi connectivity index (χ1v) is 2.89. The van der Waals surface area contributed by atoms with E-state index >= 15 is 0 Å². The third-order valence-corrected chi connectivity index (χ3v) is 1.59. The molecule has 0 spiro atoms. The second kappa shape index (κ2) is 2.36. The van der Waals surface area contributed by atoms with Gasteiger partial charge in [0.15, 0.2) is 0 Å². The Morgan fingerprint density at radius 1 is 1.78 bits per heavy atom. The Morgan fingerprint density at radius 2 is 2.33 bits per heavy atom. The third kappa shape index (κ3) is 1.22. The highest BCUT2D eigenvalue weighted by Crippen LogP contribution is 2.14. The molecule has 3 nitrogen and oxygen atoms in total. The van der Waals surface area contributed by atoms with Crippen LogP contribution in [0.25, 0.3) is 0 Å². The van der Waals surface area contributed by atoms with Gasteiger partial charge in [0, 0.05) is 19.0 Å². The quantitative estimate of drug-likeness (QED) is 0.455. The van der Waals surface area contributed by atoms with E-state index in [1.165, 1.54) is 5.06 Å². The van der Waals surface area contributed by atoms with Crippen LogP contribution in [0.1, 0.15) is 0 Å². The molecule has 0 bridgehead atoms. The molecule has 0 saturated carbocycles. The van der Waals surface area contributed by atoms with Gasteiger partial charge in [-0.15, -0.1) is 6.42 Å². The number of hydrogen-bond acceptors (Lipinski definition) is 3. The van der Waals surface area contributed by atoms with Gasteiger partial charge < -0.3 is 10.9 Å². The molecule has 1 aliphatic rings. The van der Waals surface area contributed by atoms with Gasteiger partial charge in [-0.1, -0.05) is 5.92 Å². The summed E-state index contributed by atoms with van der Waals surface area (Å²) in [5.74, 6) is 2.72. The van der Waals surface area contributed by atoms with Crippen molar-refractivity contribution in [2.24, 2.45) is 11.7 Å². The Morgan fingerprint density at radius 3 is 2.67 bits per heavy atom. The second-order valence-corrected chi connectivity index (χ2v) is 2.32. The smallest absolute Gasteiger partial charge is 0.0716 e. The normalized spacial score (nSPS) is 24.6. The molecule has 3 heteroatoms. The molecule has 1 rings (SSSR count). The summed E-state index contributed by atoms with van der Waals surface area (Å²) < 4.78 is 0. The predicted molar refractivity (Wildman–Crippen MR) is 33.7 cm³/mol. The minimum atomic E-state index is -0.187. The molecular formula is C6H10N2O. The number of hydrogen-bond donors (Lipinski definition) is 2. The fraction of sp³-hybridized carbons (Fsp3) is 0.667. The van der Waals surface area contributed by atoms with Crippen LogP contribution in [0.2, 0.25) is 0 Å². The highest BCUT2D eigenvalue weighted by molar-refractivity contribution is 5.03. The Kier molecular flexibility index (Phi) is 1.72. The van der Waals surface area contributed by atoms with Gasteiger partial charge in [-0.2, -0.15) is 5.06 Å². The average molecular weight is 126 g/mol. The summed E-state index contributed by atoms with van der Waals surface area (Å²) in [5, 5.41) is 9.88. The molecule has 1 atom stereocenters. The van der Waals surface area contributed by atoms with Crippen LogP contribution in [-0.4, -0.2) is 29.4 Å². The van der Waals surface area contributed by atoms with E-state index in [0.29, 0.717) is 19.0 Å². The average Bonchev–Trinajstić information content (AvgIpc) is 1.79. The maximum atomic E-state index is 8.67. The summed E-state index contributed by atoms with van der Waals surface area (Å²) in [6, 6.07) is -0.187. The van der Waals surface area contributed by atoms with Gasteiger partial charge in [0.25, 0.3) is 0 Å². The molecule has 3 N–H and O–H groups in total. The minimum absolute atomic E-state index is 0.187. The Bertz CT molecular complexity index is 134. The molecule has 0 aromatic carbocycles. The molecule has 1 fully saturated rings. The van der Waals surface area contributed by atoms with Gasteiger partial charge >= 0.3 is 0 Å². The van der Waals surface area contributed by atoms with Crippen LogP contribution in [0, 0.1) is 18.3 Å². The molecule has 1 unspecified atom stereocenters. The molecule has 0 aliphatic carbocycles. The number of hydroxylamine groups is 2. The van der Waals surface area contributed by atoms with Crippen LogP contribution in [-0.2, 0) is 0 Å². The van der Waals surface area contributed by atoms with Crippen LogP contribution in [0.3, 0.4) is 0 Å². The first kappa shape index (κ1) is 6.56. The van der Waals surface area contributed by atoms with Gasteiger partial charge in [0.05, 0.1) is 6.04 Å². The fourth-order valence-electron chi connectivity index (χ4n) is 0.851. The summed E-state index contributed by atoms with van der Waals surface area (Å²) in [5.41, 5.74) is 5.47. The topological polar surface area (TPSA) is 49.5 Å². The van der Waals surface area contributed by atoms with Gasteiger partial charge in [-0.05, 0) is 0 Å². The van der Waals surface area contributed by atoms with Gasteiger partial charge in [-0.3, -0.25) is 0 Å². The molecular weight excluding hydrogens is 116 g/mol. The molecule has 50 valence electrons. The van der Waals surface area contributed by atoms with Crippen molar-refractivity contribution in [3.63, 3.8) is 0 Å². The van der Waals surface area contributed by atoms with Gasteiger partial charge in [0.2, 0.25) is 0 Å². The summed E-state index contributed by atoms with van der Waals surface area (Å²) in [6.07, 6.45) is 5.05. The predicted octanol–water partition coefficient (Wildman–Crippen LogP) is -0.732. The Balaban J connectivity index is 2.25. The molecule has 1 heterocycles. The second-order valence-electron chi connectivity index (χ2n) is 2.32. The van der Waals surface area contributed by atoms with Crippen molar-refractivity contribution in [1.82, 2.24) is 5.06 Å². The summed E-state index contributed by atoms with van der Waals surface area (Å²) in [4.78, 5) is 0. The summed E-state index contributed by atoms with van der Waals surface area (Å²) in [6.45, 7) is 1.23. The van der Waals surface area contributed by atoms with E-state index in [9.17, 15) is 0 Å². The van der Waals surface area contributed by atoms with Crippen LogP contribution < -0.4 is 5.73 Å². The summed E-state index contributed by atoms with van der Waals surface area (Å²) in [7, 11) is 0. The highest BCUT2D eigenvalue weighted by atomic mass is 16.5. The maximum Gasteiger partial charge on any atom is 0.0716 e. The number of nitrogens with zero attached hydrogens (tertiary/aromatic N) is 1. The van der Waals surface area contributed by atoms with E-state index in [1.54, 1.807) is 0 Å². The monoisotopic (exact) mass is 126 g/mol. The van der Waals surface area contributed by atoms with E-state index < -0.39 is 0 Å². The zero-order chi connectivity index (χ0) is 6.85. The lowest BCUT2D eigenvalue weighted by Gasteiger charge is -2.35. The third-order valence-electron chi connectivity index (χ3n) is 1.59. The first-order chi connectivity index (χ1) is 4.24. The van der Waals surface area contributed by atoms with Crippen molar-refractivity contribution in [3.8, 4) is 12.3 Å². The van der Waals surface area contributed by atoms with Crippen LogP contribution in [0.5, 0.6) is 0 Å². The minimum Gasteiger partial charge on any atom is -0.317 e. The zero-order valence-corrected chi connectivity index (χ0v) is 5.12. The van der Waals surface area contributed by atoms with Gasteiger partial charge in [0.1, 0.15) is 0 Å². The molecule has 1 aliphatic heterocycles. The fourth-order valence-corrected chi connectivity index (χ4v) is 0.851. The lowest BCUT2D eigenvalue weighted by molar-refractivity contribution is -0.169. The number of terminal acetylenes is 1. The molecule has 0 aromatic heterocycles. The largest absolute Gasteiger partial charge is 0.317 e. The molecule has 0 aromatic rings. The first-order valence-electron chi connectivity index (χ1n) is 2.89. The number of rotatable bonds is 1. The molecule has 0 radical (unpaired) electrons. The number of nitrogens with two attached hydrogens (primary N) is 1. The van der Waals surface area contributed by atoms with Crippen LogP contribution >= 0.6 is 0 Å². The Hall–Kier alpha value is -0.560.